The molecule has 68 valence electrons. The molecule has 0 aromatic heterocycles. The van der Waals surface area contributed by atoms with Crippen LogP contribution in [0.15, 0.2) is 0 Å². The molecule has 0 bridgehead atoms. The van der Waals surface area contributed by atoms with Crippen molar-refractivity contribution in [2.45, 2.75) is 18.2 Å². The molecule has 0 spiro atoms. The minimum atomic E-state index is -5.82. The molecule has 0 radical (unpaired) electrons. The van der Waals surface area contributed by atoms with Crippen molar-refractivity contribution in [1.29, 1.82) is 0 Å². The summed E-state index contributed by atoms with van der Waals surface area (Å²) in [4.78, 5) is 0. The van der Waals surface area contributed by atoms with Crippen LogP contribution in [0.5, 0.6) is 0 Å². The van der Waals surface area contributed by atoms with Gasteiger partial charge in [-0.25, -0.2) is 0 Å². The molecule has 0 fully saturated rings. The molecule has 0 aromatic carbocycles. The topological polar surface area (TPSA) is 40.5 Å². The monoisotopic (exact) mass is 180 g/mol. The largest absolute Gasteiger partial charge is 0.456 e. The zero-order valence-corrected chi connectivity index (χ0v) is 5.07. The molecule has 7 heteroatoms. The van der Waals surface area contributed by atoms with Crippen molar-refractivity contribution >= 4 is 0 Å². The minimum absolute atomic E-state index is 1.63. The molecule has 0 amide bonds. The van der Waals surface area contributed by atoms with Crippen molar-refractivity contribution in [1.82, 2.24) is 0 Å². The number of aliphatic hydroxyl groups is 2. The molecule has 0 aliphatic rings. The van der Waals surface area contributed by atoms with Gasteiger partial charge in [-0.1, -0.05) is 0 Å². The lowest BCUT2D eigenvalue weighted by Crippen LogP contribution is -2.48. The number of hydrogen-bond donors (Lipinski definition) is 2. The summed E-state index contributed by atoms with van der Waals surface area (Å²) in [5, 5.41) is 15.8. The van der Waals surface area contributed by atoms with E-state index in [4.69, 9.17) is 10.2 Å². The first-order valence-electron chi connectivity index (χ1n) is 2.47. The van der Waals surface area contributed by atoms with E-state index in [0.717, 1.165) is 0 Å². The summed E-state index contributed by atoms with van der Waals surface area (Å²) in [5.41, 5.74) is 0. The standard InChI is InChI=1S/C4H5F5O2/c5-3(6,2(11)1-10)4(7,8)9/h2,10-11H,1H2. The van der Waals surface area contributed by atoms with E-state index in [1.807, 2.05) is 0 Å². The fourth-order valence-electron chi connectivity index (χ4n) is 0.304. The quantitative estimate of drug-likeness (QED) is 0.609. The summed E-state index contributed by atoms with van der Waals surface area (Å²) in [6, 6.07) is 0. The van der Waals surface area contributed by atoms with Crippen molar-refractivity contribution in [2.75, 3.05) is 6.61 Å². The lowest BCUT2D eigenvalue weighted by atomic mass is 10.2. The Morgan fingerprint density at radius 2 is 1.45 bits per heavy atom. The van der Waals surface area contributed by atoms with Gasteiger partial charge in [0, 0.05) is 0 Å². The predicted octanol–water partition coefficient (Wildman–Crippen LogP) is 0.537. The highest BCUT2D eigenvalue weighted by Gasteiger charge is 2.62. The number of aliphatic hydroxyl groups excluding tert-OH is 2. The van der Waals surface area contributed by atoms with Crippen LogP contribution in [-0.2, 0) is 0 Å². The molecule has 2 nitrogen and oxygen atoms in total. The van der Waals surface area contributed by atoms with Gasteiger partial charge in [-0.2, -0.15) is 22.0 Å². The number of rotatable bonds is 2. The zero-order chi connectivity index (χ0) is 9.28. The molecule has 2 N–H and O–H groups in total. The molecule has 0 saturated carbocycles. The van der Waals surface area contributed by atoms with Gasteiger partial charge in [0.15, 0.2) is 0 Å². The molecule has 11 heavy (non-hydrogen) atoms. The Morgan fingerprint density at radius 3 is 1.55 bits per heavy atom. The molecular weight excluding hydrogens is 175 g/mol. The van der Waals surface area contributed by atoms with Crippen molar-refractivity contribution in [3.63, 3.8) is 0 Å². The summed E-state index contributed by atoms with van der Waals surface area (Å²) in [7, 11) is 0. The van der Waals surface area contributed by atoms with Crippen molar-refractivity contribution in [3.05, 3.63) is 0 Å². The van der Waals surface area contributed by atoms with Gasteiger partial charge in [-0.15, -0.1) is 0 Å². The van der Waals surface area contributed by atoms with Crippen LogP contribution in [0, 0.1) is 0 Å². The van der Waals surface area contributed by atoms with Crippen LogP contribution in [0.4, 0.5) is 22.0 Å². The molecule has 0 heterocycles. The fourth-order valence-corrected chi connectivity index (χ4v) is 0.304. The van der Waals surface area contributed by atoms with Gasteiger partial charge in [0.05, 0.1) is 6.61 Å². The average molecular weight is 180 g/mol. The van der Waals surface area contributed by atoms with E-state index in [-0.39, 0.29) is 0 Å². The van der Waals surface area contributed by atoms with Gasteiger partial charge < -0.3 is 10.2 Å². The Kier molecular flexibility index (Phi) is 2.79. The van der Waals surface area contributed by atoms with Gasteiger partial charge in [0.2, 0.25) is 0 Å². The highest BCUT2D eigenvalue weighted by molar-refractivity contribution is 4.83. The summed E-state index contributed by atoms with van der Waals surface area (Å²) in [6.07, 6.45) is -8.92. The lowest BCUT2D eigenvalue weighted by Gasteiger charge is -2.22. The Hall–Kier alpha value is -0.430. The van der Waals surface area contributed by atoms with Gasteiger partial charge in [0.1, 0.15) is 6.10 Å². The van der Waals surface area contributed by atoms with Gasteiger partial charge in [-0.3, -0.25) is 0 Å². The second-order valence-corrected chi connectivity index (χ2v) is 1.82. The van der Waals surface area contributed by atoms with Crippen LogP contribution in [0.2, 0.25) is 0 Å². The number of halogens is 5. The first-order valence-corrected chi connectivity index (χ1v) is 2.47. The number of hydrogen-bond acceptors (Lipinski definition) is 2. The Bertz CT molecular complexity index is 131. The first-order chi connectivity index (χ1) is 4.73. The van der Waals surface area contributed by atoms with Crippen LogP contribution in [0.1, 0.15) is 0 Å². The van der Waals surface area contributed by atoms with Crippen LogP contribution in [-0.4, -0.2) is 35.0 Å². The molecule has 0 saturated heterocycles. The van der Waals surface area contributed by atoms with Crippen LogP contribution < -0.4 is 0 Å². The van der Waals surface area contributed by atoms with E-state index in [9.17, 15) is 22.0 Å². The molecule has 0 aromatic rings. The van der Waals surface area contributed by atoms with E-state index in [1.165, 1.54) is 0 Å². The normalized spacial score (nSPS) is 16.6. The average Bonchev–Trinajstić information content (AvgIpc) is 1.83. The van der Waals surface area contributed by atoms with Crippen LogP contribution >= 0.6 is 0 Å². The highest BCUT2D eigenvalue weighted by atomic mass is 19.4. The maximum absolute atomic E-state index is 11.8. The second kappa shape index (κ2) is 2.90. The minimum Gasteiger partial charge on any atom is -0.393 e. The van der Waals surface area contributed by atoms with Crippen LogP contribution in [0.3, 0.4) is 0 Å². The van der Waals surface area contributed by atoms with Crippen molar-refractivity contribution in [3.8, 4) is 0 Å². The van der Waals surface area contributed by atoms with E-state index >= 15 is 0 Å². The molecular formula is C4H5F5O2. The maximum atomic E-state index is 11.8. The molecule has 1 atom stereocenters. The van der Waals surface area contributed by atoms with Gasteiger partial charge >= 0.3 is 12.1 Å². The Labute approximate surface area is 58.3 Å². The van der Waals surface area contributed by atoms with Crippen molar-refractivity contribution in [2.24, 2.45) is 0 Å². The molecule has 1 unspecified atom stereocenters. The predicted molar refractivity (Wildman–Crippen MR) is 24.1 cm³/mol. The van der Waals surface area contributed by atoms with E-state index in [2.05, 4.69) is 0 Å². The fraction of sp³-hybridized carbons (Fsp3) is 1.00. The summed E-state index contributed by atoms with van der Waals surface area (Å²) < 4.78 is 57.3. The third-order valence-electron chi connectivity index (χ3n) is 0.969. The van der Waals surface area contributed by atoms with Crippen molar-refractivity contribution < 1.29 is 32.2 Å². The lowest BCUT2D eigenvalue weighted by molar-refractivity contribution is -0.316. The van der Waals surface area contributed by atoms with E-state index in [0.29, 0.717) is 0 Å². The van der Waals surface area contributed by atoms with Gasteiger partial charge in [-0.05, 0) is 0 Å². The summed E-state index contributed by atoms with van der Waals surface area (Å²) in [5.74, 6) is -5.25. The Morgan fingerprint density at radius 1 is 1.09 bits per heavy atom. The molecule has 0 rings (SSSR count). The third-order valence-corrected chi connectivity index (χ3v) is 0.969. The third kappa shape index (κ3) is 2.00. The molecule has 0 aliphatic heterocycles. The summed E-state index contributed by atoms with van der Waals surface area (Å²) >= 11 is 0. The second-order valence-electron chi connectivity index (χ2n) is 1.82. The summed E-state index contributed by atoms with van der Waals surface area (Å²) in [6.45, 7) is -1.63. The van der Waals surface area contributed by atoms with E-state index < -0.39 is 24.8 Å². The molecule has 0 aliphatic carbocycles. The number of alkyl halides is 5. The van der Waals surface area contributed by atoms with Crippen LogP contribution in [0.25, 0.3) is 0 Å². The van der Waals surface area contributed by atoms with Gasteiger partial charge in [0.25, 0.3) is 0 Å². The Balaban J connectivity index is 4.45. The SMILES string of the molecule is OCC(O)C(F)(F)C(F)(F)F. The zero-order valence-electron chi connectivity index (χ0n) is 5.07. The maximum Gasteiger partial charge on any atom is 0.456 e. The van der Waals surface area contributed by atoms with E-state index in [1.54, 1.807) is 0 Å². The smallest absolute Gasteiger partial charge is 0.393 e. The highest BCUT2D eigenvalue weighted by Crippen LogP contribution is 2.37. The first kappa shape index (κ1) is 10.6.